The van der Waals surface area contributed by atoms with E-state index in [4.69, 9.17) is 5.84 Å². The van der Waals surface area contributed by atoms with Crippen molar-refractivity contribution in [1.82, 2.24) is 5.43 Å². The standard InChI is InChI=1S/C7H15N3/c1-5(2)9-7(10-8)6-3-4-6/h5-6H,3-4,8H2,1-2H3,(H,9,10). The van der Waals surface area contributed by atoms with Gasteiger partial charge in [-0.2, -0.15) is 0 Å². The van der Waals surface area contributed by atoms with Gasteiger partial charge in [0, 0.05) is 12.0 Å². The van der Waals surface area contributed by atoms with E-state index in [0.717, 1.165) is 5.84 Å². The Kier molecular flexibility index (Phi) is 2.27. The zero-order chi connectivity index (χ0) is 7.56. The number of amidine groups is 1. The summed E-state index contributed by atoms with van der Waals surface area (Å²) in [6.45, 7) is 4.11. The molecule has 0 heterocycles. The van der Waals surface area contributed by atoms with E-state index < -0.39 is 0 Å². The Bertz CT molecular complexity index is 136. The average molecular weight is 141 g/mol. The molecule has 3 nitrogen and oxygen atoms in total. The van der Waals surface area contributed by atoms with Gasteiger partial charge in [-0.05, 0) is 26.7 Å². The van der Waals surface area contributed by atoms with Crippen molar-refractivity contribution in [3.05, 3.63) is 0 Å². The molecule has 0 bridgehead atoms. The van der Waals surface area contributed by atoms with Crippen LogP contribution in [0.5, 0.6) is 0 Å². The lowest BCUT2D eigenvalue weighted by molar-refractivity contribution is 0.801. The van der Waals surface area contributed by atoms with Gasteiger partial charge in [-0.1, -0.05) is 0 Å². The van der Waals surface area contributed by atoms with Gasteiger partial charge in [0.1, 0.15) is 5.84 Å². The van der Waals surface area contributed by atoms with Crippen molar-refractivity contribution >= 4 is 5.84 Å². The monoisotopic (exact) mass is 141 g/mol. The van der Waals surface area contributed by atoms with E-state index >= 15 is 0 Å². The fourth-order valence-electron chi connectivity index (χ4n) is 0.895. The van der Waals surface area contributed by atoms with Crippen molar-refractivity contribution in [2.24, 2.45) is 16.8 Å². The van der Waals surface area contributed by atoms with Crippen LogP contribution >= 0.6 is 0 Å². The summed E-state index contributed by atoms with van der Waals surface area (Å²) in [5.41, 5.74) is 2.65. The molecular weight excluding hydrogens is 126 g/mol. The summed E-state index contributed by atoms with van der Waals surface area (Å²) in [5.74, 6) is 6.89. The molecule has 10 heavy (non-hydrogen) atoms. The van der Waals surface area contributed by atoms with E-state index in [2.05, 4.69) is 24.3 Å². The van der Waals surface area contributed by atoms with Crippen LogP contribution in [0.15, 0.2) is 4.99 Å². The Morgan fingerprint density at radius 1 is 1.60 bits per heavy atom. The van der Waals surface area contributed by atoms with Gasteiger partial charge in [-0.25, -0.2) is 5.84 Å². The summed E-state index contributed by atoms with van der Waals surface area (Å²) >= 11 is 0. The molecule has 1 aliphatic rings. The van der Waals surface area contributed by atoms with Crippen molar-refractivity contribution in [3.63, 3.8) is 0 Å². The Morgan fingerprint density at radius 2 is 2.20 bits per heavy atom. The Labute approximate surface area is 61.7 Å². The molecule has 0 aromatic rings. The summed E-state index contributed by atoms with van der Waals surface area (Å²) in [5, 5.41) is 0. The highest BCUT2D eigenvalue weighted by Gasteiger charge is 2.26. The highest BCUT2D eigenvalue weighted by molar-refractivity contribution is 5.86. The van der Waals surface area contributed by atoms with Crippen molar-refractivity contribution in [2.75, 3.05) is 0 Å². The van der Waals surface area contributed by atoms with Crippen molar-refractivity contribution < 1.29 is 0 Å². The molecule has 0 radical (unpaired) electrons. The molecule has 58 valence electrons. The third-order valence-electron chi connectivity index (χ3n) is 1.51. The van der Waals surface area contributed by atoms with Crippen LogP contribution in [0.1, 0.15) is 26.7 Å². The van der Waals surface area contributed by atoms with Crippen LogP contribution in [0.4, 0.5) is 0 Å². The molecule has 1 fully saturated rings. The topological polar surface area (TPSA) is 50.4 Å². The quantitative estimate of drug-likeness (QED) is 0.257. The third-order valence-corrected chi connectivity index (χ3v) is 1.51. The molecule has 0 aromatic carbocycles. The van der Waals surface area contributed by atoms with Gasteiger partial charge in [-0.3, -0.25) is 4.99 Å². The summed E-state index contributed by atoms with van der Waals surface area (Å²) in [4.78, 5) is 4.34. The lowest BCUT2D eigenvalue weighted by Gasteiger charge is -2.04. The van der Waals surface area contributed by atoms with Gasteiger partial charge < -0.3 is 5.43 Å². The van der Waals surface area contributed by atoms with Crippen LogP contribution in [-0.4, -0.2) is 11.9 Å². The summed E-state index contributed by atoms with van der Waals surface area (Å²) in [6, 6.07) is 0.353. The zero-order valence-corrected chi connectivity index (χ0v) is 6.59. The summed E-state index contributed by atoms with van der Waals surface area (Å²) in [6.07, 6.45) is 2.49. The SMILES string of the molecule is CC(C)N=C(NN)C1CC1. The largest absolute Gasteiger partial charge is 0.312 e. The first-order valence-electron chi connectivity index (χ1n) is 3.78. The molecule has 1 saturated carbocycles. The number of nitrogens with two attached hydrogens (primary N) is 1. The van der Waals surface area contributed by atoms with Crippen molar-refractivity contribution in [1.29, 1.82) is 0 Å². The highest BCUT2D eigenvalue weighted by atomic mass is 15.3. The number of hydrogen-bond acceptors (Lipinski definition) is 2. The van der Waals surface area contributed by atoms with E-state index in [9.17, 15) is 0 Å². The molecule has 0 spiro atoms. The molecule has 0 amide bonds. The Balaban J connectivity index is 2.45. The number of hydrogen-bond donors (Lipinski definition) is 2. The minimum Gasteiger partial charge on any atom is -0.312 e. The van der Waals surface area contributed by atoms with Crippen LogP contribution in [-0.2, 0) is 0 Å². The number of aliphatic imine (C=N–C) groups is 1. The van der Waals surface area contributed by atoms with Gasteiger partial charge in [0.25, 0.3) is 0 Å². The van der Waals surface area contributed by atoms with E-state index in [0.29, 0.717) is 12.0 Å². The maximum Gasteiger partial charge on any atom is 0.114 e. The average Bonchev–Trinajstić information content (AvgIpc) is 2.63. The predicted molar refractivity (Wildman–Crippen MR) is 42.6 cm³/mol. The van der Waals surface area contributed by atoms with Crippen LogP contribution in [0.2, 0.25) is 0 Å². The predicted octanol–water partition coefficient (Wildman–Crippen LogP) is 0.667. The molecule has 0 saturated heterocycles. The molecule has 0 aliphatic heterocycles. The van der Waals surface area contributed by atoms with Gasteiger partial charge in [0.2, 0.25) is 0 Å². The van der Waals surface area contributed by atoms with E-state index in [1.165, 1.54) is 12.8 Å². The minimum absolute atomic E-state index is 0.353. The Morgan fingerprint density at radius 3 is 2.50 bits per heavy atom. The molecule has 3 heteroatoms. The second-order valence-electron chi connectivity index (χ2n) is 3.03. The first kappa shape index (κ1) is 7.54. The smallest absolute Gasteiger partial charge is 0.114 e. The fourth-order valence-corrected chi connectivity index (χ4v) is 0.895. The maximum atomic E-state index is 5.28. The molecule has 0 unspecified atom stereocenters. The first-order valence-corrected chi connectivity index (χ1v) is 3.78. The Hall–Kier alpha value is -0.570. The lowest BCUT2D eigenvalue weighted by Crippen LogP contribution is -2.32. The van der Waals surface area contributed by atoms with Crippen LogP contribution in [0.25, 0.3) is 0 Å². The van der Waals surface area contributed by atoms with E-state index in [1.54, 1.807) is 0 Å². The van der Waals surface area contributed by atoms with E-state index in [-0.39, 0.29) is 0 Å². The number of nitrogens with one attached hydrogen (secondary N) is 1. The highest BCUT2D eigenvalue weighted by Crippen LogP contribution is 2.29. The van der Waals surface area contributed by atoms with Gasteiger partial charge in [0.15, 0.2) is 0 Å². The second-order valence-corrected chi connectivity index (χ2v) is 3.03. The number of rotatable bonds is 2. The lowest BCUT2D eigenvalue weighted by atomic mass is 10.3. The number of nitrogens with zero attached hydrogens (tertiary/aromatic N) is 1. The molecule has 3 N–H and O–H groups in total. The van der Waals surface area contributed by atoms with Crippen molar-refractivity contribution in [3.8, 4) is 0 Å². The van der Waals surface area contributed by atoms with Crippen LogP contribution in [0, 0.1) is 5.92 Å². The third kappa shape index (κ3) is 1.99. The zero-order valence-electron chi connectivity index (χ0n) is 6.59. The van der Waals surface area contributed by atoms with E-state index in [1.807, 2.05) is 0 Å². The normalized spacial score (nSPS) is 19.8. The van der Waals surface area contributed by atoms with Crippen LogP contribution in [0.3, 0.4) is 0 Å². The second kappa shape index (κ2) is 3.01. The minimum atomic E-state index is 0.353. The van der Waals surface area contributed by atoms with Gasteiger partial charge >= 0.3 is 0 Å². The molecule has 1 rings (SSSR count). The first-order chi connectivity index (χ1) is 4.74. The van der Waals surface area contributed by atoms with Crippen LogP contribution < -0.4 is 11.3 Å². The summed E-state index contributed by atoms with van der Waals surface area (Å²) < 4.78 is 0. The summed E-state index contributed by atoms with van der Waals surface area (Å²) in [7, 11) is 0. The molecule has 1 aliphatic carbocycles. The molecule has 0 aromatic heterocycles. The number of hydrazine groups is 1. The van der Waals surface area contributed by atoms with Gasteiger partial charge in [-0.15, -0.1) is 0 Å². The fraction of sp³-hybridized carbons (Fsp3) is 0.857. The van der Waals surface area contributed by atoms with Gasteiger partial charge in [0.05, 0.1) is 0 Å². The molecular formula is C7H15N3. The maximum absolute atomic E-state index is 5.28. The molecule has 0 atom stereocenters. The van der Waals surface area contributed by atoms with Crippen molar-refractivity contribution in [2.45, 2.75) is 32.7 Å².